The highest BCUT2D eigenvalue weighted by atomic mass is 16.5. The van der Waals surface area contributed by atoms with Gasteiger partial charge in [0.25, 0.3) is 5.91 Å². The Morgan fingerprint density at radius 3 is 2.36 bits per heavy atom. The number of hydrogen-bond donors (Lipinski definition) is 1. The number of benzene rings is 2. The number of methoxy groups -OCH3 is 1. The number of anilines is 2. The molecule has 1 aliphatic rings. The van der Waals surface area contributed by atoms with Crippen LogP contribution < -0.4 is 10.2 Å². The molecule has 2 aromatic rings. The van der Waals surface area contributed by atoms with Crippen LogP contribution in [0, 0.1) is 0 Å². The molecule has 0 radical (unpaired) electrons. The molecule has 0 aliphatic carbocycles. The predicted octanol–water partition coefficient (Wildman–Crippen LogP) is 2.85. The standard InChI is InChI=1S/C19H18N2O4/c1-25-19(24)14-10-8-13(9-11-14)18(23)20-15-5-2-3-6-16(15)21-12-4-7-17(21)22/h2-3,5-6,8-11H,4,7,12H2,1H3,(H,20,23). The van der Waals surface area contributed by atoms with Gasteiger partial charge in [-0.1, -0.05) is 12.1 Å². The molecule has 0 spiro atoms. The van der Waals surface area contributed by atoms with E-state index in [2.05, 4.69) is 10.1 Å². The first-order valence-electron chi connectivity index (χ1n) is 7.99. The third kappa shape index (κ3) is 3.52. The number of carbonyl (C=O) groups is 3. The van der Waals surface area contributed by atoms with Crippen molar-refractivity contribution in [1.82, 2.24) is 0 Å². The first-order valence-corrected chi connectivity index (χ1v) is 7.99. The molecule has 0 atom stereocenters. The van der Waals surface area contributed by atoms with Gasteiger partial charge in [-0.15, -0.1) is 0 Å². The van der Waals surface area contributed by atoms with E-state index >= 15 is 0 Å². The van der Waals surface area contributed by atoms with Crippen molar-refractivity contribution in [2.24, 2.45) is 0 Å². The zero-order valence-electron chi connectivity index (χ0n) is 13.8. The van der Waals surface area contributed by atoms with Gasteiger partial charge in [0.05, 0.1) is 24.0 Å². The summed E-state index contributed by atoms with van der Waals surface area (Å²) in [6.07, 6.45) is 1.34. The smallest absolute Gasteiger partial charge is 0.337 e. The van der Waals surface area contributed by atoms with Crippen LogP contribution >= 0.6 is 0 Å². The predicted molar refractivity (Wildman–Crippen MR) is 93.8 cm³/mol. The Bertz CT molecular complexity index is 814. The van der Waals surface area contributed by atoms with Crippen molar-refractivity contribution >= 4 is 29.2 Å². The zero-order chi connectivity index (χ0) is 17.8. The third-order valence-electron chi connectivity index (χ3n) is 4.08. The van der Waals surface area contributed by atoms with Crippen LogP contribution in [0.4, 0.5) is 11.4 Å². The maximum atomic E-state index is 12.5. The lowest BCUT2D eigenvalue weighted by atomic mass is 10.1. The molecular formula is C19H18N2O4. The SMILES string of the molecule is COC(=O)c1ccc(C(=O)Nc2ccccc2N2CCCC2=O)cc1. The van der Waals surface area contributed by atoms with Gasteiger partial charge in [-0.25, -0.2) is 4.79 Å². The fraction of sp³-hybridized carbons (Fsp3) is 0.211. The normalized spacial score (nSPS) is 13.6. The maximum absolute atomic E-state index is 12.5. The van der Waals surface area contributed by atoms with Crippen LogP contribution in [-0.4, -0.2) is 31.4 Å². The van der Waals surface area contributed by atoms with E-state index in [0.717, 1.165) is 6.42 Å². The van der Waals surface area contributed by atoms with Crippen LogP contribution in [0.1, 0.15) is 33.6 Å². The molecule has 0 bridgehead atoms. The second-order valence-corrected chi connectivity index (χ2v) is 5.69. The van der Waals surface area contributed by atoms with Gasteiger partial charge < -0.3 is 15.0 Å². The summed E-state index contributed by atoms with van der Waals surface area (Å²) >= 11 is 0. The molecule has 6 heteroatoms. The van der Waals surface area contributed by atoms with Gasteiger partial charge in [0.15, 0.2) is 0 Å². The molecule has 2 amide bonds. The molecule has 0 unspecified atom stereocenters. The van der Waals surface area contributed by atoms with Crippen molar-refractivity contribution in [2.45, 2.75) is 12.8 Å². The van der Waals surface area contributed by atoms with Crippen LogP contribution in [0.5, 0.6) is 0 Å². The molecule has 1 fully saturated rings. The minimum Gasteiger partial charge on any atom is -0.465 e. The quantitative estimate of drug-likeness (QED) is 0.870. The third-order valence-corrected chi connectivity index (χ3v) is 4.08. The van der Waals surface area contributed by atoms with Crippen LogP contribution in [0.3, 0.4) is 0 Å². The van der Waals surface area contributed by atoms with Crippen molar-refractivity contribution in [1.29, 1.82) is 0 Å². The molecule has 1 aliphatic heterocycles. The summed E-state index contributed by atoms with van der Waals surface area (Å²) in [6.45, 7) is 0.652. The van der Waals surface area contributed by atoms with Gasteiger partial charge in [0.2, 0.25) is 5.91 Å². The van der Waals surface area contributed by atoms with Crippen molar-refractivity contribution in [3.8, 4) is 0 Å². The number of hydrogen-bond acceptors (Lipinski definition) is 4. The van der Waals surface area contributed by atoms with E-state index in [1.54, 1.807) is 29.2 Å². The molecule has 1 heterocycles. The fourth-order valence-electron chi connectivity index (χ4n) is 2.79. The molecule has 1 saturated heterocycles. The molecule has 2 aromatic carbocycles. The van der Waals surface area contributed by atoms with Gasteiger partial charge in [0, 0.05) is 18.5 Å². The minimum atomic E-state index is -0.454. The lowest BCUT2D eigenvalue weighted by molar-refractivity contribution is -0.117. The van der Waals surface area contributed by atoms with Gasteiger partial charge >= 0.3 is 5.97 Å². The molecule has 3 rings (SSSR count). The maximum Gasteiger partial charge on any atom is 0.337 e. The summed E-state index contributed by atoms with van der Waals surface area (Å²) in [6, 6.07) is 13.4. The van der Waals surface area contributed by atoms with E-state index in [9.17, 15) is 14.4 Å². The summed E-state index contributed by atoms with van der Waals surface area (Å²) in [5.41, 5.74) is 2.07. The Morgan fingerprint density at radius 2 is 1.72 bits per heavy atom. The summed E-state index contributed by atoms with van der Waals surface area (Å²) in [5, 5.41) is 2.84. The van der Waals surface area contributed by atoms with Gasteiger partial charge in [0.1, 0.15) is 0 Å². The van der Waals surface area contributed by atoms with Crippen LogP contribution in [0.15, 0.2) is 48.5 Å². The average Bonchev–Trinajstić information content (AvgIpc) is 3.07. The molecule has 0 aromatic heterocycles. The number of nitrogens with zero attached hydrogens (tertiary/aromatic N) is 1. The lowest BCUT2D eigenvalue weighted by Gasteiger charge is -2.20. The Labute approximate surface area is 145 Å². The van der Waals surface area contributed by atoms with Crippen molar-refractivity contribution in [3.63, 3.8) is 0 Å². The van der Waals surface area contributed by atoms with Crippen molar-refractivity contribution in [2.75, 3.05) is 23.9 Å². The molecule has 1 N–H and O–H groups in total. The van der Waals surface area contributed by atoms with E-state index in [1.807, 2.05) is 12.1 Å². The lowest BCUT2D eigenvalue weighted by Crippen LogP contribution is -2.25. The largest absolute Gasteiger partial charge is 0.465 e. The number of ether oxygens (including phenoxy) is 1. The zero-order valence-corrected chi connectivity index (χ0v) is 13.8. The summed E-state index contributed by atoms with van der Waals surface area (Å²) < 4.78 is 4.64. The Kier molecular flexibility index (Phi) is 4.79. The number of amides is 2. The number of carbonyl (C=O) groups excluding carboxylic acids is 3. The number of esters is 1. The van der Waals surface area contributed by atoms with E-state index in [4.69, 9.17) is 0 Å². The molecule has 0 saturated carbocycles. The highest BCUT2D eigenvalue weighted by Gasteiger charge is 2.24. The van der Waals surface area contributed by atoms with Gasteiger partial charge in [-0.3, -0.25) is 9.59 Å². The van der Waals surface area contributed by atoms with Crippen molar-refractivity contribution in [3.05, 3.63) is 59.7 Å². The highest BCUT2D eigenvalue weighted by Crippen LogP contribution is 2.29. The monoisotopic (exact) mass is 338 g/mol. The van der Waals surface area contributed by atoms with E-state index in [-0.39, 0.29) is 11.8 Å². The number of para-hydroxylation sites is 2. The molecule has 128 valence electrons. The topological polar surface area (TPSA) is 75.7 Å². The molecule has 25 heavy (non-hydrogen) atoms. The van der Waals surface area contributed by atoms with Crippen LogP contribution in [0.2, 0.25) is 0 Å². The van der Waals surface area contributed by atoms with Crippen molar-refractivity contribution < 1.29 is 19.1 Å². The summed E-state index contributed by atoms with van der Waals surface area (Å²) in [4.78, 5) is 37.6. The van der Waals surface area contributed by atoms with Crippen LogP contribution in [-0.2, 0) is 9.53 Å². The van der Waals surface area contributed by atoms with Crippen LogP contribution in [0.25, 0.3) is 0 Å². The van der Waals surface area contributed by atoms with E-state index < -0.39 is 5.97 Å². The second-order valence-electron chi connectivity index (χ2n) is 5.69. The van der Waals surface area contributed by atoms with Gasteiger partial charge in [-0.05, 0) is 42.8 Å². The Hall–Kier alpha value is -3.15. The first kappa shape index (κ1) is 16.7. The molecule has 6 nitrogen and oxygen atoms in total. The highest BCUT2D eigenvalue weighted by molar-refractivity contribution is 6.08. The van der Waals surface area contributed by atoms with Gasteiger partial charge in [-0.2, -0.15) is 0 Å². The van der Waals surface area contributed by atoms with E-state index in [1.165, 1.54) is 19.2 Å². The Morgan fingerprint density at radius 1 is 1.04 bits per heavy atom. The van der Waals surface area contributed by atoms with E-state index in [0.29, 0.717) is 35.5 Å². The second kappa shape index (κ2) is 7.17. The fourth-order valence-corrected chi connectivity index (χ4v) is 2.79. The first-order chi connectivity index (χ1) is 12.1. The summed E-state index contributed by atoms with van der Waals surface area (Å²) in [7, 11) is 1.31. The number of nitrogens with one attached hydrogen (secondary N) is 1. The average molecular weight is 338 g/mol. The Balaban J connectivity index is 1.79. The number of rotatable bonds is 4. The summed E-state index contributed by atoms with van der Waals surface area (Å²) in [5.74, 6) is -0.704. The minimum absolute atomic E-state index is 0.0594. The molecular weight excluding hydrogens is 320 g/mol.